The molecule has 1 N–H and O–H groups in total. The molecule has 6 heteroatoms. The molecular formula is C39H64O5Si. The van der Waals surface area contributed by atoms with Crippen molar-refractivity contribution in [3.8, 4) is 0 Å². The molecule has 2 aromatic rings. The van der Waals surface area contributed by atoms with Crippen LogP contribution in [0.1, 0.15) is 124 Å². The first kappa shape index (κ1) is 37.9. The third kappa shape index (κ3) is 11.9. The Morgan fingerprint density at radius 3 is 1.73 bits per heavy atom. The number of aliphatic hydroxyl groups excluding tert-OH is 1. The molecule has 0 amide bonds. The van der Waals surface area contributed by atoms with Gasteiger partial charge in [0.2, 0.25) is 0 Å². The number of rotatable bonds is 23. The van der Waals surface area contributed by atoms with Crippen LogP contribution in [0, 0.1) is 0 Å². The number of benzene rings is 2. The lowest BCUT2D eigenvalue weighted by Crippen LogP contribution is -2.68. The van der Waals surface area contributed by atoms with E-state index in [-0.39, 0.29) is 36.7 Å². The summed E-state index contributed by atoms with van der Waals surface area (Å²) in [5.41, 5.74) is 0. The van der Waals surface area contributed by atoms with Gasteiger partial charge in [0.25, 0.3) is 8.32 Å². The summed E-state index contributed by atoms with van der Waals surface area (Å²) in [4.78, 5) is 0. The molecule has 0 radical (unpaired) electrons. The van der Waals surface area contributed by atoms with E-state index in [1.807, 2.05) is 0 Å². The third-order valence-corrected chi connectivity index (χ3v) is 14.6. The molecule has 0 bridgehead atoms. The van der Waals surface area contributed by atoms with Crippen molar-refractivity contribution in [1.29, 1.82) is 0 Å². The van der Waals surface area contributed by atoms with Crippen molar-refractivity contribution in [1.82, 2.24) is 0 Å². The number of aliphatic hydroxyl groups is 1. The minimum atomic E-state index is -2.74. The van der Waals surface area contributed by atoms with E-state index in [9.17, 15) is 5.11 Å². The smallest absolute Gasteiger partial charge is 0.261 e. The van der Waals surface area contributed by atoms with Crippen LogP contribution in [0.4, 0.5) is 0 Å². The molecule has 0 aromatic heterocycles. The Morgan fingerprint density at radius 1 is 0.756 bits per heavy atom. The fourth-order valence-corrected chi connectivity index (χ4v) is 11.8. The van der Waals surface area contributed by atoms with Gasteiger partial charge in [0.05, 0.1) is 24.9 Å². The number of methoxy groups -OCH3 is 1. The van der Waals surface area contributed by atoms with Gasteiger partial charge in [0, 0.05) is 7.11 Å². The van der Waals surface area contributed by atoms with E-state index in [1.165, 1.54) is 81.0 Å². The number of hydrogen-bond donors (Lipinski definition) is 1. The highest BCUT2D eigenvalue weighted by Gasteiger charge is 2.52. The summed E-state index contributed by atoms with van der Waals surface area (Å²) in [6.07, 6.45) is 17.6. The van der Waals surface area contributed by atoms with Crippen molar-refractivity contribution >= 4 is 18.7 Å². The predicted octanol–water partition coefficient (Wildman–Crippen LogP) is 8.55. The summed E-state index contributed by atoms with van der Waals surface area (Å²) in [5, 5.41) is 13.3. The van der Waals surface area contributed by atoms with E-state index >= 15 is 0 Å². The molecule has 5 nitrogen and oxygen atoms in total. The molecule has 1 aliphatic rings. The molecule has 1 saturated heterocycles. The third-order valence-electron chi connectivity index (χ3n) is 9.51. The van der Waals surface area contributed by atoms with Crippen LogP contribution >= 0.6 is 0 Å². The second-order valence-corrected chi connectivity index (χ2v) is 18.4. The normalized spacial score (nSPS) is 18.7. The van der Waals surface area contributed by atoms with Crippen LogP contribution in [-0.4, -0.2) is 58.3 Å². The molecule has 45 heavy (non-hydrogen) atoms. The Bertz CT molecular complexity index is 972. The summed E-state index contributed by atoms with van der Waals surface area (Å²) >= 11 is 0. The van der Waals surface area contributed by atoms with Gasteiger partial charge >= 0.3 is 0 Å². The van der Waals surface area contributed by atoms with E-state index in [2.05, 4.69) is 88.4 Å². The molecule has 0 unspecified atom stereocenters. The van der Waals surface area contributed by atoms with Gasteiger partial charge in [-0.1, -0.05) is 165 Å². The van der Waals surface area contributed by atoms with Gasteiger partial charge in [-0.2, -0.15) is 0 Å². The monoisotopic (exact) mass is 640 g/mol. The zero-order valence-electron chi connectivity index (χ0n) is 29.2. The second kappa shape index (κ2) is 20.6. The molecule has 0 aliphatic carbocycles. The fraction of sp³-hybridized carbons (Fsp3) is 0.692. The zero-order valence-corrected chi connectivity index (χ0v) is 30.2. The van der Waals surface area contributed by atoms with Gasteiger partial charge in [0.15, 0.2) is 0 Å². The van der Waals surface area contributed by atoms with Crippen LogP contribution in [0.15, 0.2) is 60.7 Å². The lowest BCUT2D eigenvalue weighted by molar-refractivity contribution is -0.114. The lowest BCUT2D eigenvalue weighted by atomic mass is 10.0. The highest BCUT2D eigenvalue weighted by Crippen LogP contribution is 2.40. The van der Waals surface area contributed by atoms with Crippen molar-refractivity contribution in [2.45, 2.75) is 153 Å². The Morgan fingerprint density at radius 2 is 1.24 bits per heavy atom. The first-order valence-corrected chi connectivity index (χ1v) is 19.9. The Kier molecular flexibility index (Phi) is 17.4. The molecule has 0 saturated carbocycles. The molecule has 0 spiro atoms. The van der Waals surface area contributed by atoms with Crippen molar-refractivity contribution in [3.63, 3.8) is 0 Å². The van der Waals surface area contributed by atoms with Gasteiger partial charge in [-0.05, 0) is 34.7 Å². The van der Waals surface area contributed by atoms with Gasteiger partial charge in [-0.25, -0.2) is 0 Å². The SMILES string of the molecule is CCCCCCCCCCCCCC[C@@H](O[Si](c1ccccc1)(c1ccccc1)C(C)(C)C)[C@H]1CC[C@H]([C@@H](O)COCOC)O1. The number of unbranched alkanes of at least 4 members (excludes halogenated alkanes) is 11. The zero-order chi connectivity index (χ0) is 32.4. The molecule has 1 fully saturated rings. The number of ether oxygens (including phenoxy) is 3. The van der Waals surface area contributed by atoms with Crippen molar-refractivity contribution in [2.75, 3.05) is 20.5 Å². The quantitative estimate of drug-likeness (QED) is 0.0750. The van der Waals surface area contributed by atoms with Gasteiger partial charge in [0.1, 0.15) is 12.9 Å². The lowest BCUT2D eigenvalue weighted by Gasteiger charge is -2.46. The molecule has 1 aliphatic heterocycles. The first-order valence-electron chi connectivity index (χ1n) is 18.0. The maximum Gasteiger partial charge on any atom is 0.261 e. The van der Waals surface area contributed by atoms with E-state index < -0.39 is 14.4 Å². The summed E-state index contributed by atoms with van der Waals surface area (Å²) in [6.45, 7) is 9.70. The predicted molar refractivity (Wildman–Crippen MR) is 190 cm³/mol. The van der Waals surface area contributed by atoms with E-state index in [4.69, 9.17) is 18.6 Å². The maximum atomic E-state index is 10.8. The summed E-state index contributed by atoms with van der Waals surface area (Å²) in [5.74, 6) is 0. The topological polar surface area (TPSA) is 57.2 Å². The van der Waals surface area contributed by atoms with E-state index in [0.29, 0.717) is 0 Å². The van der Waals surface area contributed by atoms with Gasteiger partial charge in [-0.15, -0.1) is 0 Å². The van der Waals surface area contributed by atoms with Gasteiger partial charge in [-0.3, -0.25) is 0 Å². The summed E-state index contributed by atoms with van der Waals surface area (Å²) < 4.78 is 24.8. The van der Waals surface area contributed by atoms with Crippen LogP contribution in [0.2, 0.25) is 5.04 Å². The van der Waals surface area contributed by atoms with Crippen LogP contribution in [0.5, 0.6) is 0 Å². The molecule has 2 aromatic carbocycles. The second-order valence-electron chi connectivity index (χ2n) is 14.1. The van der Waals surface area contributed by atoms with Crippen molar-refractivity contribution in [3.05, 3.63) is 60.7 Å². The van der Waals surface area contributed by atoms with E-state index in [0.717, 1.165) is 25.7 Å². The average Bonchev–Trinajstić information content (AvgIpc) is 3.54. The van der Waals surface area contributed by atoms with E-state index in [1.54, 1.807) is 7.11 Å². The molecule has 3 rings (SSSR count). The molecular weight excluding hydrogens is 577 g/mol. The highest BCUT2D eigenvalue weighted by atomic mass is 28.4. The van der Waals surface area contributed by atoms with Gasteiger partial charge < -0.3 is 23.7 Å². The minimum absolute atomic E-state index is 0.0449. The summed E-state index contributed by atoms with van der Waals surface area (Å²) in [7, 11) is -1.15. The van der Waals surface area contributed by atoms with Crippen LogP contribution in [0.25, 0.3) is 0 Å². The van der Waals surface area contributed by atoms with Crippen molar-refractivity contribution < 1.29 is 23.7 Å². The Labute approximate surface area is 276 Å². The fourth-order valence-electron chi connectivity index (χ4n) is 7.03. The maximum absolute atomic E-state index is 10.8. The molecule has 4 atom stereocenters. The highest BCUT2D eigenvalue weighted by molar-refractivity contribution is 6.99. The van der Waals surface area contributed by atoms with Crippen LogP contribution in [0.3, 0.4) is 0 Å². The largest absolute Gasteiger partial charge is 0.402 e. The number of hydrogen-bond acceptors (Lipinski definition) is 5. The minimum Gasteiger partial charge on any atom is -0.402 e. The Hall–Kier alpha value is -1.54. The average molecular weight is 641 g/mol. The summed E-state index contributed by atoms with van der Waals surface area (Å²) in [6, 6.07) is 21.8. The first-order chi connectivity index (χ1) is 21.8. The molecule has 254 valence electrons. The standard InChI is InChI=1S/C39H64O5Si/c1-6-7-8-9-10-11-12-13-14-15-16-23-28-38(37-30-29-36(43-37)35(40)31-42-32-41-5)44-45(39(2,3)4,33-24-19-17-20-25-33)34-26-21-18-22-27-34/h17-22,24-27,35-38,40H,6-16,23,28-32H2,1-5H3/t35-,36+,37+,38+/m0/s1. The molecule has 1 heterocycles. The Balaban J connectivity index is 1.72. The van der Waals surface area contributed by atoms with Crippen LogP contribution in [-0.2, 0) is 18.6 Å². The van der Waals surface area contributed by atoms with Crippen LogP contribution < -0.4 is 10.4 Å². The van der Waals surface area contributed by atoms with Crippen molar-refractivity contribution in [2.24, 2.45) is 0 Å².